The largest absolute Gasteiger partial charge is 0.375 e. The first kappa shape index (κ1) is 12.2. The van der Waals surface area contributed by atoms with Gasteiger partial charge < -0.3 is 10.5 Å². The quantitative estimate of drug-likeness (QED) is 0.827. The van der Waals surface area contributed by atoms with Crippen molar-refractivity contribution < 1.29 is 4.74 Å². The van der Waals surface area contributed by atoms with Crippen LogP contribution in [-0.4, -0.2) is 13.7 Å². The second kappa shape index (κ2) is 4.77. The van der Waals surface area contributed by atoms with Crippen molar-refractivity contribution in [3.8, 4) is 0 Å². The third-order valence-corrected chi connectivity index (χ3v) is 2.65. The summed E-state index contributed by atoms with van der Waals surface area (Å²) in [7, 11) is 1.69. The van der Waals surface area contributed by atoms with Crippen molar-refractivity contribution in [2.75, 3.05) is 13.7 Å². The van der Waals surface area contributed by atoms with Crippen LogP contribution in [0.25, 0.3) is 0 Å². The summed E-state index contributed by atoms with van der Waals surface area (Å²) in [6.07, 6.45) is 0.0130. The summed E-state index contributed by atoms with van der Waals surface area (Å²) in [5.41, 5.74) is 8.29. The number of methoxy groups -OCH3 is 1. The molecule has 0 fully saturated rings. The van der Waals surface area contributed by atoms with Crippen LogP contribution in [0.4, 0.5) is 0 Å². The lowest BCUT2D eigenvalue weighted by Crippen LogP contribution is -2.15. The van der Waals surface area contributed by atoms with Crippen molar-refractivity contribution in [1.29, 1.82) is 0 Å². The van der Waals surface area contributed by atoms with Crippen LogP contribution < -0.4 is 5.73 Å². The van der Waals surface area contributed by atoms with Crippen LogP contribution in [-0.2, 0) is 10.2 Å². The maximum atomic E-state index is 5.61. The molecule has 0 saturated carbocycles. The summed E-state index contributed by atoms with van der Waals surface area (Å²) in [4.78, 5) is 0. The molecule has 2 heteroatoms. The highest BCUT2D eigenvalue weighted by Gasteiger charge is 2.14. The molecule has 0 amide bonds. The molecule has 0 aliphatic carbocycles. The van der Waals surface area contributed by atoms with E-state index in [0.29, 0.717) is 6.54 Å². The molecule has 84 valence electrons. The maximum Gasteiger partial charge on any atom is 0.0943 e. The van der Waals surface area contributed by atoms with Crippen LogP contribution in [0.1, 0.15) is 38.0 Å². The molecule has 2 nitrogen and oxygen atoms in total. The molecule has 1 aromatic rings. The van der Waals surface area contributed by atoms with Gasteiger partial charge >= 0.3 is 0 Å². The average molecular weight is 207 g/mol. The Labute approximate surface area is 92.4 Å². The predicted molar refractivity (Wildman–Crippen MR) is 63.9 cm³/mol. The minimum absolute atomic E-state index is 0.0130. The zero-order valence-corrected chi connectivity index (χ0v) is 10.1. The van der Waals surface area contributed by atoms with Crippen molar-refractivity contribution in [3.63, 3.8) is 0 Å². The van der Waals surface area contributed by atoms with E-state index in [0.717, 1.165) is 5.56 Å². The molecule has 0 aliphatic rings. The van der Waals surface area contributed by atoms with Crippen LogP contribution in [0.3, 0.4) is 0 Å². The van der Waals surface area contributed by atoms with Crippen molar-refractivity contribution in [1.82, 2.24) is 0 Å². The van der Waals surface area contributed by atoms with Gasteiger partial charge in [-0.1, -0.05) is 45.0 Å². The summed E-state index contributed by atoms with van der Waals surface area (Å²) in [6, 6.07) is 8.50. The van der Waals surface area contributed by atoms with E-state index >= 15 is 0 Å². The third-order valence-electron chi connectivity index (χ3n) is 2.65. The Morgan fingerprint density at radius 3 is 2.07 bits per heavy atom. The summed E-state index contributed by atoms with van der Waals surface area (Å²) in [5, 5.41) is 0. The number of rotatable bonds is 3. The molecule has 2 N–H and O–H groups in total. The fraction of sp³-hybridized carbons (Fsp3) is 0.538. The van der Waals surface area contributed by atoms with E-state index in [1.54, 1.807) is 7.11 Å². The smallest absolute Gasteiger partial charge is 0.0943 e. The molecule has 0 heterocycles. The molecule has 0 bridgehead atoms. The van der Waals surface area contributed by atoms with E-state index in [1.165, 1.54) is 5.56 Å². The lowest BCUT2D eigenvalue weighted by Gasteiger charge is -2.20. The van der Waals surface area contributed by atoms with E-state index in [4.69, 9.17) is 10.5 Å². The molecule has 15 heavy (non-hydrogen) atoms. The van der Waals surface area contributed by atoms with Gasteiger partial charge in [0, 0.05) is 13.7 Å². The second-order valence-corrected chi connectivity index (χ2v) is 4.83. The van der Waals surface area contributed by atoms with Gasteiger partial charge in [0.1, 0.15) is 0 Å². The minimum Gasteiger partial charge on any atom is -0.375 e. The summed E-state index contributed by atoms with van der Waals surface area (Å²) < 4.78 is 5.29. The summed E-state index contributed by atoms with van der Waals surface area (Å²) >= 11 is 0. The molecule has 1 aromatic carbocycles. The van der Waals surface area contributed by atoms with E-state index in [1.807, 2.05) is 0 Å². The minimum atomic E-state index is 0.0130. The number of nitrogens with two attached hydrogens (primary N) is 1. The molecule has 0 aromatic heterocycles. The highest BCUT2D eigenvalue weighted by Crippen LogP contribution is 2.24. The fourth-order valence-corrected chi connectivity index (χ4v) is 1.57. The van der Waals surface area contributed by atoms with Crippen LogP contribution in [0.2, 0.25) is 0 Å². The number of ether oxygens (including phenoxy) is 1. The Kier molecular flexibility index (Phi) is 3.89. The van der Waals surface area contributed by atoms with Gasteiger partial charge in [-0.3, -0.25) is 0 Å². The highest BCUT2D eigenvalue weighted by atomic mass is 16.5. The maximum absolute atomic E-state index is 5.61. The first-order chi connectivity index (χ1) is 6.99. The third kappa shape index (κ3) is 3.05. The SMILES string of the molecule is COC(CN)c1ccc(C(C)(C)C)cc1. The monoisotopic (exact) mass is 207 g/mol. The van der Waals surface area contributed by atoms with Crippen molar-refractivity contribution in [2.45, 2.75) is 32.3 Å². The fourth-order valence-electron chi connectivity index (χ4n) is 1.57. The van der Waals surface area contributed by atoms with Gasteiger partial charge in [0.2, 0.25) is 0 Å². The van der Waals surface area contributed by atoms with Gasteiger partial charge in [-0.05, 0) is 16.5 Å². The predicted octanol–water partition coefficient (Wildman–Crippen LogP) is 2.63. The first-order valence-corrected chi connectivity index (χ1v) is 5.32. The van der Waals surface area contributed by atoms with Crippen LogP contribution in [0.5, 0.6) is 0 Å². The van der Waals surface area contributed by atoms with Crippen LogP contribution in [0.15, 0.2) is 24.3 Å². The molecule has 0 saturated heterocycles. The lowest BCUT2D eigenvalue weighted by molar-refractivity contribution is 0.110. The lowest BCUT2D eigenvalue weighted by atomic mass is 9.86. The van der Waals surface area contributed by atoms with Crippen molar-refractivity contribution >= 4 is 0 Å². The van der Waals surface area contributed by atoms with Gasteiger partial charge in [-0.15, -0.1) is 0 Å². The molecular formula is C13H21NO. The van der Waals surface area contributed by atoms with Crippen molar-refractivity contribution in [3.05, 3.63) is 35.4 Å². The molecule has 0 radical (unpaired) electrons. The topological polar surface area (TPSA) is 35.2 Å². The normalized spacial score (nSPS) is 13.9. The van der Waals surface area contributed by atoms with Gasteiger partial charge in [0.15, 0.2) is 0 Å². The van der Waals surface area contributed by atoms with E-state index in [9.17, 15) is 0 Å². The second-order valence-electron chi connectivity index (χ2n) is 4.83. The zero-order valence-electron chi connectivity index (χ0n) is 10.1. The Morgan fingerprint density at radius 2 is 1.73 bits per heavy atom. The van der Waals surface area contributed by atoms with Crippen molar-refractivity contribution in [2.24, 2.45) is 5.73 Å². The Hall–Kier alpha value is -0.860. The first-order valence-electron chi connectivity index (χ1n) is 5.32. The van der Waals surface area contributed by atoms with Gasteiger partial charge in [0.05, 0.1) is 6.10 Å². The Morgan fingerprint density at radius 1 is 1.20 bits per heavy atom. The highest BCUT2D eigenvalue weighted by molar-refractivity contribution is 5.28. The zero-order chi connectivity index (χ0) is 11.5. The summed E-state index contributed by atoms with van der Waals surface area (Å²) in [5.74, 6) is 0. The summed E-state index contributed by atoms with van der Waals surface area (Å²) in [6.45, 7) is 7.14. The molecular weight excluding hydrogens is 186 g/mol. The average Bonchev–Trinajstić information content (AvgIpc) is 2.19. The van der Waals surface area contributed by atoms with E-state index in [2.05, 4.69) is 45.0 Å². The number of hydrogen-bond acceptors (Lipinski definition) is 2. The number of hydrogen-bond donors (Lipinski definition) is 1. The standard InChI is InChI=1S/C13H21NO/c1-13(2,3)11-7-5-10(6-8-11)12(9-14)15-4/h5-8,12H,9,14H2,1-4H3. The molecule has 0 aliphatic heterocycles. The van der Waals surface area contributed by atoms with Gasteiger partial charge in [0.25, 0.3) is 0 Å². The molecule has 1 atom stereocenters. The molecule has 1 rings (SSSR count). The Balaban J connectivity index is 2.89. The molecule has 0 spiro atoms. The van der Waals surface area contributed by atoms with E-state index < -0.39 is 0 Å². The van der Waals surface area contributed by atoms with Crippen LogP contribution >= 0.6 is 0 Å². The van der Waals surface area contributed by atoms with Crippen LogP contribution in [0, 0.1) is 0 Å². The van der Waals surface area contributed by atoms with Gasteiger partial charge in [-0.2, -0.15) is 0 Å². The molecule has 1 unspecified atom stereocenters. The number of benzene rings is 1. The Bertz CT molecular complexity index is 293. The van der Waals surface area contributed by atoms with Gasteiger partial charge in [-0.25, -0.2) is 0 Å². The van der Waals surface area contributed by atoms with E-state index in [-0.39, 0.29) is 11.5 Å².